The molecule has 0 spiro atoms. The van der Waals surface area contributed by atoms with Gasteiger partial charge < -0.3 is 15.0 Å². The normalized spacial score (nSPS) is 16.8. The highest BCUT2D eigenvalue weighted by Gasteiger charge is 2.27. The van der Waals surface area contributed by atoms with Crippen LogP contribution in [-0.4, -0.2) is 43.7 Å². The van der Waals surface area contributed by atoms with Gasteiger partial charge in [0.05, 0.1) is 35.2 Å². The number of thiophene rings is 1. The molecule has 1 amide bonds. The number of rotatable bonds is 5. The van der Waals surface area contributed by atoms with Crippen molar-refractivity contribution in [1.82, 2.24) is 10.3 Å². The molecule has 0 saturated carbocycles. The fourth-order valence-electron chi connectivity index (χ4n) is 2.76. The Morgan fingerprint density at radius 1 is 1.42 bits per heavy atom. The van der Waals surface area contributed by atoms with Crippen LogP contribution in [0.15, 0.2) is 29.8 Å². The summed E-state index contributed by atoms with van der Waals surface area (Å²) in [6.45, 7) is 3.93. The van der Waals surface area contributed by atoms with Crippen molar-refractivity contribution in [2.45, 2.75) is 6.04 Å². The van der Waals surface area contributed by atoms with Gasteiger partial charge in [0, 0.05) is 6.20 Å². The van der Waals surface area contributed by atoms with Gasteiger partial charge in [-0.05, 0) is 17.5 Å². The van der Waals surface area contributed by atoms with Crippen molar-refractivity contribution in [2.24, 2.45) is 0 Å². The number of pyridine rings is 1. The summed E-state index contributed by atoms with van der Waals surface area (Å²) in [6.07, 6.45) is 1.44. The number of nitrogens with zero attached hydrogens (tertiary/aromatic N) is 1. The smallest absolute Gasteiger partial charge is 0.253 e. The van der Waals surface area contributed by atoms with E-state index in [9.17, 15) is 4.79 Å². The minimum absolute atomic E-state index is 0.197. The average molecular weight is 387 g/mol. The largest absolute Gasteiger partial charge is 0.370 e. The number of carbonyl (C=O) groups is 1. The lowest BCUT2D eigenvalue weighted by Crippen LogP contribution is -3.15. The van der Waals surface area contributed by atoms with Crippen LogP contribution in [0.1, 0.15) is 21.3 Å². The second-order valence-electron chi connectivity index (χ2n) is 5.55. The third-order valence-corrected chi connectivity index (χ3v) is 5.71. The van der Waals surface area contributed by atoms with Gasteiger partial charge in [0.2, 0.25) is 0 Å². The van der Waals surface area contributed by atoms with E-state index in [1.165, 1.54) is 22.0 Å². The molecule has 1 atom stereocenters. The van der Waals surface area contributed by atoms with E-state index in [2.05, 4.69) is 21.7 Å². The molecule has 8 heteroatoms. The molecule has 3 rings (SSSR count). The number of ether oxygens (including phenoxy) is 1. The first-order chi connectivity index (χ1) is 11.6. The second kappa shape index (κ2) is 8.27. The number of nitrogens with one attached hydrogen (secondary N) is 2. The number of aromatic nitrogens is 1. The number of morpholine rings is 1. The second-order valence-corrected chi connectivity index (χ2v) is 7.29. The molecule has 2 aromatic heterocycles. The van der Waals surface area contributed by atoms with Gasteiger partial charge in [-0.3, -0.25) is 4.79 Å². The van der Waals surface area contributed by atoms with Crippen LogP contribution in [0.2, 0.25) is 10.2 Å². The Labute approximate surface area is 154 Å². The number of carbonyl (C=O) groups excluding carboxylic acids is 1. The van der Waals surface area contributed by atoms with E-state index in [0.717, 1.165) is 26.3 Å². The summed E-state index contributed by atoms with van der Waals surface area (Å²) in [5, 5.41) is 5.53. The molecule has 2 aromatic rings. The third kappa shape index (κ3) is 4.26. The van der Waals surface area contributed by atoms with E-state index in [4.69, 9.17) is 27.9 Å². The molecule has 24 heavy (non-hydrogen) atoms. The lowest BCUT2D eigenvalue weighted by molar-refractivity contribution is -0.937. The minimum Gasteiger partial charge on any atom is -0.370 e. The van der Waals surface area contributed by atoms with Gasteiger partial charge >= 0.3 is 0 Å². The summed E-state index contributed by atoms with van der Waals surface area (Å²) < 4.78 is 5.45. The molecule has 2 N–H and O–H groups in total. The highest BCUT2D eigenvalue weighted by molar-refractivity contribution is 7.10. The summed E-state index contributed by atoms with van der Waals surface area (Å²) in [5.74, 6) is -0.199. The lowest BCUT2D eigenvalue weighted by Gasteiger charge is -2.31. The maximum atomic E-state index is 12.4. The summed E-state index contributed by atoms with van der Waals surface area (Å²) in [6, 6.07) is 5.91. The third-order valence-electron chi connectivity index (χ3n) is 4.04. The van der Waals surface area contributed by atoms with Gasteiger partial charge in [0.1, 0.15) is 24.3 Å². The molecule has 1 aliphatic rings. The van der Waals surface area contributed by atoms with Crippen LogP contribution < -0.4 is 10.2 Å². The number of hydrogen-bond donors (Lipinski definition) is 2. The topological polar surface area (TPSA) is 55.7 Å². The molecular weight excluding hydrogens is 369 g/mol. The molecule has 128 valence electrons. The van der Waals surface area contributed by atoms with Crippen molar-refractivity contribution in [3.05, 3.63) is 50.4 Å². The SMILES string of the molecule is O=C(NC[C@H](c1cccs1)[NH+]1CCOCC1)c1cnc(Cl)c(Cl)c1. The Kier molecular flexibility index (Phi) is 6.08. The number of hydrogen-bond acceptors (Lipinski definition) is 4. The average Bonchev–Trinajstić information content (AvgIpc) is 3.12. The molecule has 5 nitrogen and oxygen atoms in total. The van der Waals surface area contributed by atoms with E-state index < -0.39 is 0 Å². The Morgan fingerprint density at radius 3 is 2.88 bits per heavy atom. The van der Waals surface area contributed by atoms with E-state index in [1.54, 1.807) is 11.3 Å². The first-order valence-corrected chi connectivity index (χ1v) is 9.33. The number of amides is 1. The Balaban J connectivity index is 1.68. The molecule has 3 heterocycles. The van der Waals surface area contributed by atoms with Crippen LogP contribution in [0, 0.1) is 0 Å². The van der Waals surface area contributed by atoms with Crippen molar-refractivity contribution in [2.75, 3.05) is 32.8 Å². The van der Waals surface area contributed by atoms with Crippen LogP contribution in [0.3, 0.4) is 0 Å². The monoisotopic (exact) mass is 386 g/mol. The van der Waals surface area contributed by atoms with Gasteiger partial charge in [-0.2, -0.15) is 0 Å². The summed E-state index contributed by atoms with van der Waals surface area (Å²) in [7, 11) is 0. The molecule has 1 saturated heterocycles. The molecule has 1 aliphatic heterocycles. The van der Waals surface area contributed by atoms with Gasteiger partial charge in [-0.15, -0.1) is 11.3 Å². The molecule has 0 aliphatic carbocycles. The maximum Gasteiger partial charge on any atom is 0.253 e. The highest BCUT2D eigenvalue weighted by atomic mass is 35.5. The summed E-state index contributed by atoms with van der Waals surface area (Å²) >= 11 is 13.4. The number of quaternary nitrogens is 1. The first-order valence-electron chi connectivity index (χ1n) is 7.70. The fraction of sp³-hybridized carbons (Fsp3) is 0.375. The van der Waals surface area contributed by atoms with Crippen molar-refractivity contribution in [3.8, 4) is 0 Å². The predicted molar refractivity (Wildman–Crippen MR) is 95.2 cm³/mol. The predicted octanol–water partition coefficient (Wildman–Crippen LogP) is 1.84. The minimum atomic E-state index is -0.199. The quantitative estimate of drug-likeness (QED) is 0.770. The van der Waals surface area contributed by atoms with E-state index >= 15 is 0 Å². The molecule has 0 bridgehead atoms. The van der Waals surface area contributed by atoms with Crippen LogP contribution in [0.5, 0.6) is 0 Å². The number of halogens is 2. The van der Waals surface area contributed by atoms with Gasteiger partial charge in [-0.1, -0.05) is 29.3 Å². The summed E-state index contributed by atoms with van der Waals surface area (Å²) in [4.78, 5) is 19.0. The Bertz CT molecular complexity index is 691. The standard InChI is InChI=1S/C16H17Cl2N3O2S/c17-12-8-11(9-19-15(12)18)16(22)20-10-13(14-2-1-7-24-14)21-3-5-23-6-4-21/h1-2,7-9,13H,3-6,10H2,(H,20,22)/p+1/t13-/m1/s1. The highest BCUT2D eigenvalue weighted by Crippen LogP contribution is 2.20. The first kappa shape index (κ1) is 17.6. The molecule has 1 fully saturated rings. The van der Waals surface area contributed by atoms with Crippen LogP contribution >= 0.6 is 34.5 Å². The van der Waals surface area contributed by atoms with Crippen molar-refractivity contribution in [1.29, 1.82) is 0 Å². The zero-order valence-electron chi connectivity index (χ0n) is 12.9. The maximum absolute atomic E-state index is 12.4. The van der Waals surface area contributed by atoms with Gasteiger partial charge in [0.15, 0.2) is 0 Å². The van der Waals surface area contributed by atoms with Crippen molar-refractivity contribution >= 4 is 40.4 Å². The molecular formula is C16H18Cl2N3O2S+. The van der Waals surface area contributed by atoms with E-state index in [-0.39, 0.29) is 22.1 Å². The summed E-state index contributed by atoms with van der Waals surface area (Å²) in [5.41, 5.74) is 0.409. The van der Waals surface area contributed by atoms with Crippen molar-refractivity contribution < 1.29 is 14.4 Å². The van der Waals surface area contributed by atoms with E-state index in [1.807, 2.05) is 6.07 Å². The van der Waals surface area contributed by atoms with Crippen LogP contribution in [-0.2, 0) is 4.74 Å². The van der Waals surface area contributed by atoms with Crippen LogP contribution in [0.25, 0.3) is 0 Å². The van der Waals surface area contributed by atoms with Crippen LogP contribution in [0.4, 0.5) is 0 Å². The molecule has 0 radical (unpaired) electrons. The Hall–Kier alpha value is -1.18. The molecule has 0 aromatic carbocycles. The lowest BCUT2D eigenvalue weighted by atomic mass is 10.1. The zero-order chi connectivity index (χ0) is 16.9. The molecule has 0 unspecified atom stereocenters. The van der Waals surface area contributed by atoms with Gasteiger partial charge in [-0.25, -0.2) is 4.98 Å². The fourth-order valence-corrected chi connectivity index (χ4v) is 3.92. The van der Waals surface area contributed by atoms with Gasteiger partial charge in [0.25, 0.3) is 5.91 Å². The van der Waals surface area contributed by atoms with Crippen molar-refractivity contribution in [3.63, 3.8) is 0 Å². The zero-order valence-corrected chi connectivity index (χ0v) is 15.3. The Morgan fingerprint density at radius 2 is 2.21 bits per heavy atom. The van der Waals surface area contributed by atoms with E-state index in [0.29, 0.717) is 12.1 Å².